The van der Waals surface area contributed by atoms with Crippen molar-refractivity contribution in [2.24, 2.45) is 0 Å². The van der Waals surface area contributed by atoms with Crippen LogP contribution < -0.4 is 4.74 Å². The lowest BCUT2D eigenvalue weighted by atomic mass is 10.1. The number of carbonyl (C=O) groups is 1. The Morgan fingerprint density at radius 2 is 1.60 bits per heavy atom. The molecular formula is C15H12N2O3. The summed E-state index contributed by atoms with van der Waals surface area (Å²) >= 11 is 0. The Kier molecular flexibility index (Phi) is 2.95. The maximum atomic E-state index is 11.8. The van der Waals surface area contributed by atoms with Gasteiger partial charge >= 0.3 is 5.97 Å². The minimum absolute atomic E-state index is 0.376. The van der Waals surface area contributed by atoms with E-state index in [4.69, 9.17) is 9.47 Å². The highest BCUT2D eigenvalue weighted by atomic mass is 16.5. The van der Waals surface area contributed by atoms with Crippen LogP contribution in [0.15, 0.2) is 36.4 Å². The molecule has 5 nitrogen and oxygen atoms in total. The summed E-state index contributed by atoms with van der Waals surface area (Å²) in [6, 6.07) is 10.8. The van der Waals surface area contributed by atoms with Crippen molar-refractivity contribution >= 4 is 28.0 Å². The number of fused-ring (bicyclic) bond motifs is 2. The number of methoxy groups -OCH3 is 2. The molecule has 1 aromatic heterocycles. The standard InChI is InChI=1S/C15H12N2O3/c1-19-12-8-7-9(15(18)20-2)13-14(12)17-11-6-4-3-5-10(11)16-13/h3-8H,1-2H3. The summed E-state index contributed by atoms with van der Waals surface area (Å²) < 4.78 is 10.1. The molecule has 100 valence electrons. The van der Waals surface area contributed by atoms with E-state index in [0.29, 0.717) is 22.3 Å². The van der Waals surface area contributed by atoms with Crippen molar-refractivity contribution in [3.05, 3.63) is 42.0 Å². The normalized spacial score (nSPS) is 10.7. The van der Waals surface area contributed by atoms with Crippen molar-refractivity contribution < 1.29 is 14.3 Å². The first-order valence-corrected chi connectivity index (χ1v) is 6.06. The van der Waals surface area contributed by atoms with Crippen molar-refractivity contribution in [3.8, 4) is 5.75 Å². The van der Waals surface area contributed by atoms with Crippen LogP contribution in [0.3, 0.4) is 0 Å². The summed E-state index contributed by atoms with van der Waals surface area (Å²) in [6.07, 6.45) is 0. The predicted molar refractivity (Wildman–Crippen MR) is 74.9 cm³/mol. The van der Waals surface area contributed by atoms with Crippen molar-refractivity contribution in [2.75, 3.05) is 14.2 Å². The van der Waals surface area contributed by atoms with Crippen LogP contribution in [-0.2, 0) is 4.74 Å². The first kappa shape index (κ1) is 12.3. The number of para-hydroxylation sites is 2. The van der Waals surface area contributed by atoms with E-state index < -0.39 is 5.97 Å². The molecule has 0 aliphatic heterocycles. The first-order valence-electron chi connectivity index (χ1n) is 6.06. The zero-order valence-electron chi connectivity index (χ0n) is 11.1. The number of esters is 1. The SMILES string of the molecule is COC(=O)c1ccc(OC)c2nc3ccccc3nc12. The molecule has 0 amide bonds. The Labute approximate surface area is 115 Å². The molecule has 0 atom stereocenters. The van der Waals surface area contributed by atoms with E-state index in [-0.39, 0.29) is 0 Å². The molecule has 0 saturated carbocycles. The Morgan fingerprint density at radius 3 is 2.20 bits per heavy atom. The van der Waals surface area contributed by atoms with E-state index in [1.54, 1.807) is 19.2 Å². The molecule has 1 heterocycles. The van der Waals surface area contributed by atoms with Gasteiger partial charge < -0.3 is 9.47 Å². The van der Waals surface area contributed by atoms with Crippen LogP contribution in [0, 0.1) is 0 Å². The molecule has 3 aromatic rings. The number of hydrogen-bond acceptors (Lipinski definition) is 5. The van der Waals surface area contributed by atoms with Crippen LogP contribution in [0.5, 0.6) is 5.75 Å². The number of ether oxygens (including phenoxy) is 2. The fourth-order valence-electron chi connectivity index (χ4n) is 2.12. The molecule has 0 aliphatic rings. The van der Waals surface area contributed by atoms with Crippen LogP contribution >= 0.6 is 0 Å². The van der Waals surface area contributed by atoms with Gasteiger partial charge in [0, 0.05) is 0 Å². The number of nitrogens with zero attached hydrogens (tertiary/aromatic N) is 2. The summed E-state index contributed by atoms with van der Waals surface area (Å²) in [6.45, 7) is 0. The summed E-state index contributed by atoms with van der Waals surface area (Å²) in [5.41, 5.74) is 2.88. The van der Waals surface area contributed by atoms with Crippen molar-refractivity contribution in [3.63, 3.8) is 0 Å². The fourth-order valence-corrected chi connectivity index (χ4v) is 2.12. The summed E-state index contributed by atoms with van der Waals surface area (Å²) in [5, 5.41) is 0. The van der Waals surface area contributed by atoms with E-state index in [2.05, 4.69) is 9.97 Å². The third-order valence-corrected chi connectivity index (χ3v) is 3.09. The highest BCUT2D eigenvalue weighted by Crippen LogP contribution is 2.27. The van der Waals surface area contributed by atoms with Crippen LogP contribution in [0.1, 0.15) is 10.4 Å². The quantitative estimate of drug-likeness (QED) is 0.528. The molecule has 5 heteroatoms. The van der Waals surface area contributed by atoms with E-state index in [9.17, 15) is 4.79 Å². The molecule has 2 aromatic carbocycles. The minimum atomic E-state index is -0.442. The lowest BCUT2D eigenvalue weighted by molar-refractivity contribution is 0.0603. The second-order valence-electron chi connectivity index (χ2n) is 4.22. The van der Waals surface area contributed by atoms with E-state index >= 15 is 0 Å². The smallest absolute Gasteiger partial charge is 0.340 e. The average molecular weight is 268 g/mol. The maximum Gasteiger partial charge on any atom is 0.340 e. The van der Waals surface area contributed by atoms with Gasteiger partial charge in [0.05, 0.1) is 30.8 Å². The van der Waals surface area contributed by atoms with Gasteiger partial charge in [-0.1, -0.05) is 12.1 Å². The minimum Gasteiger partial charge on any atom is -0.494 e. The van der Waals surface area contributed by atoms with Crippen LogP contribution in [-0.4, -0.2) is 30.2 Å². The Morgan fingerprint density at radius 1 is 0.950 bits per heavy atom. The van der Waals surface area contributed by atoms with Crippen molar-refractivity contribution in [1.29, 1.82) is 0 Å². The predicted octanol–water partition coefficient (Wildman–Crippen LogP) is 2.58. The molecule has 0 bridgehead atoms. The first-order chi connectivity index (χ1) is 9.74. The van der Waals surface area contributed by atoms with Gasteiger partial charge in [-0.05, 0) is 24.3 Å². The second-order valence-corrected chi connectivity index (χ2v) is 4.22. The summed E-state index contributed by atoms with van der Waals surface area (Å²) in [7, 11) is 2.90. The summed E-state index contributed by atoms with van der Waals surface area (Å²) in [4.78, 5) is 20.9. The molecule has 0 radical (unpaired) electrons. The number of carbonyl (C=O) groups excluding carboxylic acids is 1. The highest BCUT2D eigenvalue weighted by molar-refractivity contribution is 6.05. The van der Waals surface area contributed by atoms with Crippen LogP contribution in [0.25, 0.3) is 22.1 Å². The molecule has 3 rings (SSSR count). The fraction of sp³-hybridized carbons (Fsp3) is 0.133. The third-order valence-electron chi connectivity index (χ3n) is 3.09. The van der Waals surface area contributed by atoms with Gasteiger partial charge in [0.15, 0.2) is 0 Å². The van der Waals surface area contributed by atoms with Gasteiger partial charge in [0.2, 0.25) is 0 Å². The van der Waals surface area contributed by atoms with E-state index in [1.807, 2.05) is 24.3 Å². The monoisotopic (exact) mass is 268 g/mol. The number of aromatic nitrogens is 2. The molecule has 0 N–H and O–H groups in total. The number of hydrogen-bond donors (Lipinski definition) is 0. The van der Waals surface area contributed by atoms with E-state index in [1.165, 1.54) is 7.11 Å². The Bertz CT molecular complexity index is 815. The lowest BCUT2D eigenvalue weighted by Crippen LogP contribution is -2.04. The van der Waals surface area contributed by atoms with Gasteiger partial charge in [-0.15, -0.1) is 0 Å². The van der Waals surface area contributed by atoms with Crippen molar-refractivity contribution in [2.45, 2.75) is 0 Å². The molecule has 0 spiro atoms. The largest absolute Gasteiger partial charge is 0.494 e. The van der Waals surface area contributed by atoms with Crippen molar-refractivity contribution in [1.82, 2.24) is 9.97 Å². The molecular weight excluding hydrogens is 256 g/mol. The van der Waals surface area contributed by atoms with E-state index in [0.717, 1.165) is 11.0 Å². The van der Waals surface area contributed by atoms with Gasteiger partial charge in [-0.2, -0.15) is 0 Å². The Balaban J connectivity index is 2.43. The van der Waals surface area contributed by atoms with Crippen LogP contribution in [0.2, 0.25) is 0 Å². The number of rotatable bonds is 2. The van der Waals surface area contributed by atoms with Gasteiger partial charge in [-0.3, -0.25) is 0 Å². The highest BCUT2D eigenvalue weighted by Gasteiger charge is 2.16. The third kappa shape index (κ3) is 1.84. The van der Waals surface area contributed by atoms with Gasteiger partial charge in [0.25, 0.3) is 0 Å². The van der Waals surface area contributed by atoms with Gasteiger partial charge in [-0.25, -0.2) is 14.8 Å². The number of benzene rings is 2. The molecule has 0 saturated heterocycles. The molecule has 0 fully saturated rings. The topological polar surface area (TPSA) is 61.3 Å². The zero-order chi connectivity index (χ0) is 14.1. The maximum absolute atomic E-state index is 11.8. The molecule has 0 unspecified atom stereocenters. The average Bonchev–Trinajstić information content (AvgIpc) is 2.51. The second kappa shape index (κ2) is 4.77. The van der Waals surface area contributed by atoms with Crippen LogP contribution in [0.4, 0.5) is 0 Å². The Hall–Kier alpha value is -2.69. The summed E-state index contributed by atoms with van der Waals surface area (Å²) in [5.74, 6) is 0.133. The lowest BCUT2D eigenvalue weighted by Gasteiger charge is -2.09. The molecule has 20 heavy (non-hydrogen) atoms. The zero-order valence-corrected chi connectivity index (χ0v) is 11.1. The molecule has 0 aliphatic carbocycles. The van der Waals surface area contributed by atoms with Gasteiger partial charge in [0.1, 0.15) is 16.8 Å².